The lowest BCUT2D eigenvalue weighted by Crippen LogP contribution is -1.99. The second-order valence-corrected chi connectivity index (χ2v) is 6.28. The molecule has 0 spiro atoms. The summed E-state index contributed by atoms with van der Waals surface area (Å²) >= 11 is 5.90. The monoisotopic (exact) mass is 282 g/mol. The SMILES string of the molecule is CCCOc1cc(C)c(S(=O)(=O)Cl)cc1Cl. The van der Waals surface area contributed by atoms with Crippen molar-refractivity contribution < 1.29 is 13.2 Å². The first-order chi connectivity index (χ1) is 7.36. The quantitative estimate of drug-likeness (QED) is 0.796. The maximum atomic E-state index is 11.2. The first-order valence-corrected chi connectivity index (χ1v) is 7.42. The summed E-state index contributed by atoms with van der Waals surface area (Å²) in [5.74, 6) is 0.477. The Kier molecular flexibility index (Phi) is 4.47. The fourth-order valence-corrected chi connectivity index (χ4v) is 2.71. The maximum Gasteiger partial charge on any atom is 0.261 e. The van der Waals surface area contributed by atoms with E-state index in [-0.39, 0.29) is 9.92 Å². The van der Waals surface area contributed by atoms with E-state index in [0.29, 0.717) is 17.9 Å². The Morgan fingerprint density at radius 3 is 2.50 bits per heavy atom. The van der Waals surface area contributed by atoms with Crippen molar-refractivity contribution in [1.82, 2.24) is 0 Å². The van der Waals surface area contributed by atoms with Gasteiger partial charge in [-0.25, -0.2) is 8.42 Å². The van der Waals surface area contributed by atoms with Crippen LogP contribution in [0.4, 0.5) is 0 Å². The molecule has 0 radical (unpaired) electrons. The highest BCUT2D eigenvalue weighted by atomic mass is 35.7. The number of rotatable bonds is 4. The molecule has 1 aromatic rings. The molecule has 90 valence electrons. The Balaban J connectivity index is 3.17. The van der Waals surface area contributed by atoms with Crippen molar-refractivity contribution in [2.45, 2.75) is 25.2 Å². The Hall–Kier alpha value is -0.450. The summed E-state index contributed by atoms with van der Waals surface area (Å²) in [7, 11) is 1.50. The molecule has 0 saturated heterocycles. The number of aryl methyl sites for hydroxylation is 1. The molecule has 3 nitrogen and oxygen atoms in total. The van der Waals surface area contributed by atoms with E-state index in [0.717, 1.165) is 6.42 Å². The summed E-state index contributed by atoms with van der Waals surface area (Å²) < 4.78 is 27.8. The second-order valence-electron chi connectivity index (χ2n) is 3.33. The Bertz CT molecular complexity index is 483. The minimum Gasteiger partial charge on any atom is -0.492 e. The first kappa shape index (κ1) is 13.6. The maximum absolute atomic E-state index is 11.2. The van der Waals surface area contributed by atoms with Gasteiger partial charge >= 0.3 is 0 Å². The highest BCUT2D eigenvalue weighted by Gasteiger charge is 2.16. The average Bonchev–Trinajstić information content (AvgIpc) is 2.17. The van der Waals surface area contributed by atoms with E-state index in [4.69, 9.17) is 27.0 Å². The van der Waals surface area contributed by atoms with Gasteiger partial charge in [0.05, 0.1) is 16.5 Å². The van der Waals surface area contributed by atoms with Crippen molar-refractivity contribution in [3.05, 3.63) is 22.7 Å². The zero-order chi connectivity index (χ0) is 12.3. The third-order valence-corrected chi connectivity index (χ3v) is 3.71. The van der Waals surface area contributed by atoms with E-state index in [1.807, 2.05) is 6.92 Å². The van der Waals surface area contributed by atoms with Crippen LogP contribution in [0.15, 0.2) is 17.0 Å². The van der Waals surface area contributed by atoms with Crippen LogP contribution in [0.3, 0.4) is 0 Å². The fourth-order valence-electron chi connectivity index (χ4n) is 1.22. The number of benzene rings is 1. The van der Waals surface area contributed by atoms with Gasteiger partial charge in [0.2, 0.25) is 0 Å². The van der Waals surface area contributed by atoms with Gasteiger partial charge in [0, 0.05) is 10.7 Å². The number of hydrogen-bond donors (Lipinski definition) is 0. The standard InChI is InChI=1S/C10H12Cl2O3S/c1-3-4-15-9-5-7(2)10(6-8(9)11)16(12,13)14/h5-6H,3-4H2,1-2H3. The van der Waals surface area contributed by atoms with E-state index in [1.54, 1.807) is 13.0 Å². The van der Waals surface area contributed by atoms with Crippen molar-refractivity contribution in [3.8, 4) is 5.75 Å². The molecule has 0 fully saturated rings. The van der Waals surface area contributed by atoms with Crippen LogP contribution in [0.5, 0.6) is 5.75 Å². The molecule has 0 aliphatic rings. The van der Waals surface area contributed by atoms with Crippen LogP contribution in [0.25, 0.3) is 0 Å². The largest absolute Gasteiger partial charge is 0.492 e. The summed E-state index contributed by atoms with van der Waals surface area (Å²) in [5, 5.41) is 0.248. The minimum atomic E-state index is -3.76. The average molecular weight is 283 g/mol. The smallest absolute Gasteiger partial charge is 0.261 e. The number of hydrogen-bond acceptors (Lipinski definition) is 3. The van der Waals surface area contributed by atoms with Gasteiger partial charge in [0.25, 0.3) is 9.05 Å². The van der Waals surface area contributed by atoms with Crippen LogP contribution in [-0.4, -0.2) is 15.0 Å². The molecule has 1 aromatic carbocycles. The lowest BCUT2D eigenvalue weighted by atomic mass is 10.2. The summed E-state index contributed by atoms with van der Waals surface area (Å²) in [4.78, 5) is 0.0167. The molecule has 6 heteroatoms. The molecule has 0 aliphatic carbocycles. The van der Waals surface area contributed by atoms with Crippen LogP contribution in [0.2, 0.25) is 5.02 Å². The van der Waals surface area contributed by atoms with Crippen LogP contribution in [0, 0.1) is 6.92 Å². The molecular formula is C10H12Cl2O3S. The van der Waals surface area contributed by atoms with Crippen LogP contribution < -0.4 is 4.74 Å². The molecule has 0 unspecified atom stereocenters. The van der Waals surface area contributed by atoms with E-state index in [9.17, 15) is 8.42 Å². The lowest BCUT2D eigenvalue weighted by molar-refractivity contribution is 0.317. The summed E-state index contributed by atoms with van der Waals surface area (Å²) in [5.41, 5.74) is 0.519. The van der Waals surface area contributed by atoms with Crippen molar-refractivity contribution in [3.63, 3.8) is 0 Å². The third kappa shape index (κ3) is 3.27. The molecule has 0 amide bonds. The highest BCUT2D eigenvalue weighted by Crippen LogP contribution is 2.31. The second kappa shape index (κ2) is 5.25. The molecule has 0 atom stereocenters. The Morgan fingerprint density at radius 1 is 1.38 bits per heavy atom. The Morgan fingerprint density at radius 2 is 2.00 bits per heavy atom. The van der Waals surface area contributed by atoms with Crippen LogP contribution in [0.1, 0.15) is 18.9 Å². The fraction of sp³-hybridized carbons (Fsp3) is 0.400. The highest BCUT2D eigenvalue weighted by molar-refractivity contribution is 8.13. The zero-order valence-corrected chi connectivity index (χ0v) is 11.3. The van der Waals surface area contributed by atoms with Crippen LogP contribution >= 0.6 is 22.3 Å². The van der Waals surface area contributed by atoms with Gasteiger partial charge < -0.3 is 4.74 Å². The normalized spacial score (nSPS) is 11.5. The summed E-state index contributed by atoms with van der Waals surface area (Å²) in [6.45, 7) is 4.15. The van der Waals surface area contributed by atoms with Crippen molar-refractivity contribution >= 4 is 31.3 Å². The van der Waals surface area contributed by atoms with Gasteiger partial charge in [0.15, 0.2) is 0 Å². The summed E-state index contributed by atoms with van der Waals surface area (Å²) in [6, 6.07) is 2.89. The van der Waals surface area contributed by atoms with Gasteiger partial charge in [0.1, 0.15) is 5.75 Å². The van der Waals surface area contributed by atoms with Crippen molar-refractivity contribution in [2.75, 3.05) is 6.61 Å². The molecule has 1 rings (SSSR count). The molecular weight excluding hydrogens is 271 g/mol. The van der Waals surface area contributed by atoms with E-state index in [1.165, 1.54) is 6.07 Å². The zero-order valence-electron chi connectivity index (χ0n) is 8.96. The predicted octanol–water partition coefficient (Wildman–Crippen LogP) is 3.36. The summed E-state index contributed by atoms with van der Waals surface area (Å²) in [6.07, 6.45) is 0.852. The third-order valence-electron chi connectivity index (χ3n) is 1.95. The topological polar surface area (TPSA) is 43.4 Å². The Labute approximate surface area is 105 Å². The first-order valence-electron chi connectivity index (χ1n) is 4.74. The van der Waals surface area contributed by atoms with Gasteiger partial charge in [-0.2, -0.15) is 0 Å². The van der Waals surface area contributed by atoms with Gasteiger partial charge in [-0.15, -0.1) is 0 Å². The van der Waals surface area contributed by atoms with E-state index < -0.39 is 9.05 Å². The van der Waals surface area contributed by atoms with E-state index in [2.05, 4.69) is 0 Å². The van der Waals surface area contributed by atoms with Gasteiger partial charge in [-0.1, -0.05) is 18.5 Å². The molecule has 0 heterocycles. The van der Waals surface area contributed by atoms with Crippen molar-refractivity contribution in [2.24, 2.45) is 0 Å². The van der Waals surface area contributed by atoms with Crippen LogP contribution in [-0.2, 0) is 9.05 Å². The predicted molar refractivity (Wildman–Crippen MR) is 65.0 cm³/mol. The molecule has 0 aliphatic heterocycles. The molecule has 16 heavy (non-hydrogen) atoms. The number of halogens is 2. The minimum absolute atomic E-state index is 0.0167. The molecule has 0 N–H and O–H groups in total. The number of ether oxygens (including phenoxy) is 1. The lowest BCUT2D eigenvalue weighted by Gasteiger charge is -2.10. The van der Waals surface area contributed by atoms with Gasteiger partial charge in [-0.05, 0) is 31.0 Å². The molecule has 0 bridgehead atoms. The van der Waals surface area contributed by atoms with E-state index >= 15 is 0 Å². The molecule has 0 saturated carbocycles. The van der Waals surface area contributed by atoms with Crippen molar-refractivity contribution in [1.29, 1.82) is 0 Å². The van der Waals surface area contributed by atoms with Gasteiger partial charge in [-0.3, -0.25) is 0 Å². The molecule has 0 aromatic heterocycles.